The number of halogens is 3. The first-order valence-corrected chi connectivity index (χ1v) is 8.24. The highest BCUT2D eigenvalue weighted by atomic mass is 79.9. The molecule has 0 spiro atoms. The molecule has 0 aliphatic carbocycles. The summed E-state index contributed by atoms with van der Waals surface area (Å²) in [4.78, 5) is 0. The van der Waals surface area contributed by atoms with Gasteiger partial charge in [0, 0.05) is 22.0 Å². The largest absolute Gasteiger partial charge is 0.316 e. The van der Waals surface area contributed by atoms with E-state index >= 15 is 0 Å². The summed E-state index contributed by atoms with van der Waals surface area (Å²) >= 11 is 9.85. The summed E-state index contributed by atoms with van der Waals surface area (Å²) in [5.41, 5.74) is 1.88. The van der Waals surface area contributed by atoms with Gasteiger partial charge in [-0.25, -0.2) is 4.39 Å². The predicted octanol–water partition coefficient (Wildman–Crippen LogP) is 5.10. The van der Waals surface area contributed by atoms with Gasteiger partial charge in [-0.2, -0.15) is 0 Å². The molecule has 1 nitrogen and oxygen atoms in total. The fourth-order valence-electron chi connectivity index (χ4n) is 3.14. The Morgan fingerprint density at radius 3 is 2.67 bits per heavy atom. The molecule has 2 aromatic rings. The zero-order chi connectivity index (χ0) is 14.8. The maximum absolute atomic E-state index is 14.2. The van der Waals surface area contributed by atoms with Crippen LogP contribution in [0.4, 0.5) is 4.39 Å². The molecule has 0 bridgehead atoms. The summed E-state index contributed by atoms with van der Waals surface area (Å²) in [6.07, 6.45) is 0.959. The van der Waals surface area contributed by atoms with Crippen LogP contribution < -0.4 is 5.32 Å². The minimum atomic E-state index is -0.135. The maximum Gasteiger partial charge on any atom is 0.126 e. The summed E-state index contributed by atoms with van der Waals surface area (Å²) in [6.45, 7) is 1.71. The van der Waals surface area contributed by atoms with Crippen molar-refractivity contribution in [3.05, 3.63) is 68.9 Å². The minimum absolute atomic E-state index is 0.110. The smallest absolute Gasteiger partial charge is 0.126 e. The minimum Gasteiger partial charge on any atom is -0.316 e. The second kappa shape index (κ2) is 6.47. The first kappa shape index (κ1) is 15.0. The van der Waals surface area contributed by atoms with E-state index in [1.807, 2.05) is 24.3 Å². The molecular weight excluding hydrogens is 353 g/mol. The van der Waals surface area contributed by atoms with Gasteiger partial charge in [0.15, 0.2) is 0 Å². The normalized spacial score (nSPS) is 22.2. The Kier molecular flexibility index (Phi) is 4.63. The van der Waals surface area contributed by atoms with E-state index in [2.05, 4.69) is 27.3 Å². The molecule has 0 saturated carbocycles. The number of benzene rings is 2. The van der Waals surface area contributed by atoms with Gasteiger partial charge in [0.1, 0.15) is 5.82 Å². The van der Waals surface area contributed by atoms with Gasteiger partial charge in [-0.15, -0.1) is 0 Å². The van der Waals surface area contributed by atoms with Gasteiger partial charge in [0.25, 0.3) is 0 Å². The van der Waals surface area contributed by atoms with Crippen LogP contribution >= 0.6 is 27.5 Å². The van der Waals surface area contributed by atoms with Gasteiger partial charge >= 0.3 is 0 Å². The third-order valence-electron chi connectivity index (χ3n) is 4.15. The van der Waals surface area contributed by atoms with E-state index in [1.165, 1.54) is 6.07 Å². The van der Waals surface area contributed by atoms with Gasteiger partial charge in [0.05, 0.1) is 0 Å². The van der Waals surface area contributed by atoms with Crippen molar-refractivity contribution in [3.8, 4) is 0 Å². The van der Waals surface area contributed by atoms with Crippen molar-refractivity contribution in [2.75, 3.05) is 13.1 Å². The Balaban J connectivity index is 2.00. The molecule has 3 rings (SSSR count). The number of hydrogen-bond donors (Lipinski definition) is 1. The van der Waals surface area contributed by atoms with Gasteiger partial charge < -0.3 is 5.32 Å². The molecule has 0 aromatic heterocycles. The molecule has 2 atom stereocenters. The summed E-state index contributed by atoms with van der Waals surface area (Å²) in [5, 5.41) is 4.12. The third-order valence-corrected chi connectivity index (χ3v) is 4.97. The summed E-state index contributed by atoms with van der Waals surface area (Å²) < 4.78 is 15.1. The highest BCUT2D eigenvalue weighted by Crippen LogP contribution is 2.41. The van der Waals surface area contributed by atoms with Crippen molar-refractivity contribution in [2.24, 2.45) is 0 Å². The molecule has 1 aliphatic heterocycles. The lowest BCUT2D eigenvalue weighted by Crippen LogP contribution is -2.34. The van der Waals surface area contributed by atoms with E-state index in [4.69, 9.17) is 11.6 Å². The van der Waals surface area contributed by atoms with Crippen LogP contribution in [0, 0.1) is 5.82 Å². The molecule has 1 saturated heterocycles. The van der Waals surface area contributed by atoms with E-state index < -0.39 is 0 Å². The standard InChI is InChI=1S/C17H16BrClFN/c18-11-5-6-13(16(19)9-11)12-7-8-21-10-15(12)14-3-1-2-4-17(14)20/h1-6,9,12,15,21H,7-8,10H2. The van der Waals surface area contributed by atoms with Crippen LogP contribution in [0.2, 0.25) is 5.02 Å². The van der Waals surface area contributed by atoms with E-state index in [9.17, 15) is 4.39 Å². The Hall–Kier alpha value is -0.900. The Morgan fingerprint density at radius 2 is 1.90 bits per heavy atom. The van der Waals surface area contributed by atoms with Crippen molar-refractivity contribution >= 4 is 27.5 Å². The third kappa shape index (κ3) is 3.15. The van der Waals surface area contributed by atoms with E-state index in [0.717, 1.165) is 40.1 Å². The highest BCUT2D eigenvalue weighted by molar-refractivity contribution is 9.10. The lowest BCUT2D eigenvalue weighted by Gasteiger charge is -2.33. The van der Waals surface area contributed by atoms with Crippen molar-refractivity contribution in [3.63, 3.8) is 0 Å². The van der Waals surface area contributed by atoms with Gasteiger partial charge in [-0.3, -0.25) is 0 Å². The van der Waals surface area contributed by atoms with Crippen molar-refractivity contribution in [2.45, 2.75) is 18.3 Å². The molecule has 0 radical (unpaired) electrons. The zero-order valence-corrected chi connectivity index (χ0v) is 13.8. The topological polar surface area (TPSA) is 12.0 Å². The molecule has 2 unspecified atom stereocenters. The Morgan fingerprint density at radius 1 is 1.10 bits per heavy atom. The first-order chi connectivity index (χ1) is 10.2. The lowest BCUT2D eigenvalue weighted by molar-refractivity contribution is 0.393. The van der Waals surface area contributed by atoms with Crippen LogP contribution in [0.15, 0.2) is 46.9 Å². The lowest BCUT2D eigenvalue weighted by atomic mass is 9.77. The van der Waals surface area contributed by atoms with E-state index in [1.54, 1.807) is 6.07 Å². The average molecular weight is 369 g/mol. The predicted molar refractivity (Wildman–Crippen MR) is 88.5 cm³/mol. The Labute approximate surface area is 137 Å². The quantitative estimate of drug-likeness (QED) is 0.777. The van der Waals surface area contributed by atoms with Crippen LogP contribution in [0.1, 0.15) is 29.4 Å². The van der Waals surface area contributed by atoms with Gasteiger partial charge in [-0.05, 0) is 48.2 Å². The molecule has 4 heteroatoms. The summed E-state index contributed by atoms with van der Waals surface area (Å²) in [5.74, 6) is 0.215. The summed E-state index contributed by atoms with van der Waals surface area (Å²) in [6, 6.07) is 13.0. The fraction of sp³-hybridized carbons (Fsp3) is 0.294. The second-order valence-electron chi connectivity index (χ2n) is 5.39. The number of rotatable bonds is 2. The zero-order valence-electron chi connectivity index (χ0n) is 11.5. The second-order valence-corrected chi connectivity index (χ2v) is 6.72. The molecule has 21 heavy (non-hydrogen) atoms. The first-order valence-electron chi connectivity index (χ1n) is 7.07. The SMILES string of the molecule is Fc1ccccc1C1CNCCC1c1ccc(Br)cc1Cl. The molecule has 1 fully saturated rings. The molecule has 2 aromatic carbocycles. The van der Waals surface area contributed by atoms with Crippen LogP contribution in [0.5, 0.6) is 0 Å². The molecule has 1 heterocycles. The van der Waals surface area contributed by atoms with Crippen LogP contribution in [-0.2, 0) is 0 Å². The van der Waals surface area contributed by atoms with Gasteiger partial charge in [-0.1, -0.05) is 51.8 Å². The number of nitrogens with one attached hydrogen (secondary N) is 1. The number of hydrogen-bond acceptors (Lipinski definition) is 1. The van der Waals surface area contributed by atoms with Crippen LogP contribution in [0.25, 0.3) is 0 Å². The molecule has 110 valence electrons. The van der Waals surface area contributed by atoms with Crippen molar-refractivity contribution in [1.29, 1.82) is 0 Å². The van der Waals surface area contributed by atoms with E-state index in [-0.39, 0.29) is 17.7 Å². The van der Waals surface area contributed by atoms with Crippen LogP contribution in [0.3, 0.4) is 0 Å². The fourth-order valence-corrected chi connectivity index (χ4v) is 3.95. The van der Waals surface area contributed by atoms with Crippen molar-refractivity contribution in [1.82, 2.24) is 5.32 Å². The Bertz CT molecular complexity index is 646. The molecule has 1 aliphatic rings. The maximum atomic E-state index is 14.2. The monoisotopic (exact) mass is 367 g/mol. The highest BCUT2D eigenvalue weighted by Gasteiger charge is 2.30. The molecular formula is C17H16BrClFN. The average Bonchev–Trinajstić information content (AvgIpc) is 2.48. The number of piperidine rings is 1. The van der Waals surface area contributed by atoms with Crippen LogP contribution in [-0.4, -0.2) is 13.1 Å². The van der Waals surface area contributed by atoms with E-state index in [0.29, 0.717) is 0 Å². The molecule has 1 N–H and O–H groups in total. The molecule has 0 amide bonds. The van der Waals surface area contributed by atoms with Gasteiger partial charge in [0.2, 0.25) is 0 Å². The summed E-state index contributed by atoms with van der Waals surface area (Å²) in [7, 11) is 0. The van der Waals surface area contributed by atoms with Crippen molar-refractivity contribution < 1.29 is 4.39 Å².